The normalized spacial score (nSPS) is 21.8. The minimum Gasteiger partial charge on any atom is -0.476 e. The highest BCUT2D eigenvalue weighted by molar-refractivity contribution is 5.48. The molecule has 0 amide bonds. The second-order valence-corrected chi connectivity index (χ2v) is 2.84. The highest BCUT2D eigenvalue weighted by Gasteiger charge is 2.12. The van der Waals surface area contributed by atoms with Gasteiger partial charge in [0.2, 0.25) is 0 Å². The van der Waals surface area contributed by atoms with Gasteiger partial charge in [-0.3, -0.25) is 4.99 Å². The summed E-state index contributed by atoms with van der Waals surface area (Å²) in [7, 11) is 0. The van der Waals surface area contributed by atoms with Gasteiger partial charge in [0.05, 0.1) is 0 Å². The van der Waals surface area contributed by atoms with E-state index in [-0.39, 0.29) is 6.10 Å². The molecule has 1 unspecified atom stereocenters. The summed E-state index contributed by atoms with van der Waals surface area (Å²) in [5, 5.41) is 0. The van der Waals surface area contributed by atoms with E-state index in [1.165, 1.54) is 5.56 Å². The molecule has 0 saturated carbocycles. The van der Waals surface area contributed by atoms with Crippen LogP contribution in [0.4, 0.5) is 0 Å². The lowest BCUT2D eigenvalue weighted by molar-refractivity contribution is 0.181. The Hall–Kier alpha value is -1.31. The van der Waals surface area contributed by atoms with E-state index in [2.05, 4.69) is 17.1 Å². The summed E-state index contributed by atoms with van der Waals surface area (Å²) in [6, 6.07) is 10.3. The average molecular weight is 161 g/mol. The summed E-state index contributed by atoms with van der Waals surface area (Å²) < 4.78 is 5.37. The first-order valence-electron chi connectivity index (χ1n) is 4.15. The standard InChI is InChI=1S/C10H11NO/c1-2-4-9(5-3-1)10-6-7-11-8-12-10/h1-5,8,10H,6-7H2. The van der Waals surface area contributed by atoms with Crippen molar-refractivity contribution in [3.8, 4) is 0 Å². The molecular weight excluding hydrogens is 150 g/mol. The minimum atomic E-state index is 0.212. The molecule has 1 atom stereocenters. The molecule has 12 heavy (non-hydrogen) atoms. The van der Waals surface area contributed by atoms with Crippen molar-refractivity contribution in [1.82, 2.24) is 0 Å². The average Bonchev–Trinajstić information content (AvgIpc) is 2.21. The van der Waals surface area contributed by atoms with E-state index in [0.717, 1.165) is 13.0 Å². The number of nitrogens with zero attached hydrogens (tertiary/aromatic N) is 1. The van der Waals surface area contributed by atoms with Gasteiger partial charge in [-0.25, -0.2) is 0 Å². The topological polar surface area (TPSA) is 21.6 Å². The third-order valence-electron chi connectivity index (χ3n) is 1.99. The Morgan fingerprint density at radius 1 is 1.25 bits per heavy atom. The summed E-state index contributed by atoms with van der Waals surface area (Å²) in [5.74, 6) is 0. The van der Waals surface area contributed by atoms with Gasteiger partial charge in [-0.1, -0.05) is 30.3 Å². The Morgan fingerprint density at radius 3 is 2.75 bits per heavy atom. The molecule has 1 aliphatic rings. The molecule has 0 radical (unpaired) electrons. The van der Waals surface area contributed by atoms with Gasteiger partial charge in [0.25, 0.3) is 0 Å². The molecule has 2 rings (SSSR count). The molecule has 0 aliphatic carbocycles. The smallest absolute Gasteiger partial charge is 0.170 e. The second kappa shape index (κ2) is 3.39. The van der Waals surface area contributed by atoms with Crippen LogP contribution in [0.5, 0.6) is 0 Å². The van der Waals surface area contributed by atoms with Crippen LogP contribution in [0.15, 0.2) is 35.3 Å². The van der Waals surface area contributed by atoms with Gasteiger partial charge >= 0.3 is 0 Å². The Morgan fingerprint density at radius 2 is 2.08 bits per heavy atom. The maximum absolute atomic E-state index is 5.37. The molecule has 1 aromatic carbocycles. The van der Waals surface area contributed by atoms with Crippen molar-refractivity contribution in [3.63, 3.8) is 0 Å². The van der Waals surface area contributed by atoms with Crippen molar-refractivity contribution in [3.05, 3.63) is 35.9 Å². The Balaban J connectivity index is 2.15. The molecule has 0 N–H and O–H groups in total. The summed E-state index contributed by atoms with van der Waals surface area (Å²) in [4.78, 5) is 4.01. The molecule has 1 aromatic rings. The van der Waals surface area contributed by atoms with Crippen LogP contribution in [0.1, 0.15) is 18.1 Å². The third-order valence-corrected chi connectivity index (χ3v) is 1.99. The molecule has 1 aliphatic heterocycles. The number of aliphatic imine (C=N–C) groups is 1. The van der Waals surface area contributed by atoms with Crippen molar-refractivity contribution in [1.29, 1.82) is 0 Å². The first-order chi connectivity index (χ1) is 5.97. The van der Waals surface area contributed by atoms with Crippen LogP contribution in [-0.2, 0) is 4.74 Å². The molecule has 2 heteroatoms. The van der Waals surface area contributed by atoms with Crippen molar-refractivity contribution in [2.75, 3.05) is 6.54 Å². The number of hydrogen-bond acceptors (Lipinski definition) is 2. The number of rotatable bonds is 1. The van der Waals surface area contributed by atoms with Crippen molar-refractivity contribution < 1.29 is 4.74 Å². The zero-order valence-corrected chi connectivity index (χ0v) is 6.81. The maximum Gasteiger partial charge on any atom is 0.170 e. The van der Waals surface area contributed by atoms with E-state index in [9.17, 15) is 0 Å². The lowest BCUT2D eigenvalue weighted by Gasteiger charge is -2.18. The highest BCUT2D eigenvalue weighted by Crippen LogP contribution is 2.21. The fourth-order valence-electron chi connectivity index (χ4n) is 1.34. The number of benzene rings is 1. The molecule has 0 fully saturated rings. The van der Waals surface area contributed by atoms with Gasteiger partial charge in [0.1, 0.15) is 6.10 Å². The molecule has 2 nitrogen and oxygen atoms in total. The third kappa shape index (κ3) is 1.47. The second-order valence-electron chi connectivity index (χ2n) is 2.84. The van der Waals surface area contributed by atoms with Crippen LogP contribution in [0.25, 0.3) is 0 Å². The quantitative estimate of drug-likeness (QED) is 0.618. The molecule has 0 bridgehead atoms. The molecule has 1 heterocycles. The summed E-state index contributed by atoms with van der Waals surface area (Å²) in [6.07, 6.45) is 2.76. The predicted octanol–water partition coefficient (Wildman–Crippen LogP) is 2.18. The van der Waals surface area contributed by atoms with Crippen LogP contribution < -0.4 is 0 Å². The number of ether oxygens (including phenoxy) is 1. The van der Waals surface area contributed by atoms with E-state index in [1.54, 1.807) is 6.40 Å². The zero-order valence-electron chi connectivity index (χ0n) is 6.81. The van der Waals surface area contributed by atoms with Gasteiger partial charge in [-0.15, -0.1) is 0 Å². The van der Waals surface area contributed by atoms with Crippen LogP contribution in [-0.4, -0.2) is 12.9 Å². The lowest BCUT2D eigenvalue weighted by Crippen LogP contribution is -2.09. The summed E-state index contributed by atoms with van der Waals surface area (Å²) in [5.41, 5.74) is 1.24. The van der Waals surface area contributed by atoms with Gasteiger partial charge in [0, 0.05) is 13.0 Å². The molecule has 62 valence electrons. The summed E-state index contributed by atoms with van der Waals surface area (Å²) >= 11 is 0. The van der Waals surface area contributed by atoms with Crippen LogP contribution in [0.2, 0.25) is 0 Å². The number of hydrogen-bond donors (Lipinski definition) is 0. The first kappa shape index (κ1) is 7.35. The fourth-order valence-corrected chi connectivity index (χ4v) is 1.34. The first-order valence-corrected chi connectivity index (χ1v) is 4.15. The van der Waals surface area contributed by atoms with Crippen LogP contribution in [0.3, 0.4) is 0 Å². The monoisotopic (exact) mass is 161 g/mol. The Labute approximate surface area is 71.9 Å². The van der Waals surface area contributed by atoms with Crippen molar-refractivity contribution >= 4 is 6.40 Å². The lowest BCUT2D eigenvalue weighted by atomic mass is 10.1. The highest BCUT2D eigenvalue weighted by atomic mass is 16.5. The van der Waals surface area contributed by atoms with Gasteiger partial charge in [0.15, 0.2) is 6.40 Å². The Kier molecular flexibility index (Phi) is 2.08. The van der Waals surface area contributed by atoms with Gasteiger partial charge in [-0.05, 0) is 5.56 Å². The predicted molar refractivity (Wildman–Crippen MR) is 48.2 cm³/mol. The van der Waals surface area contributed by atoms with Crippen molar-refractivity contribution in [2.24, 2.45) is 4.99 Å². The molecule has 0 aromatic heterocycles. The minimum absolute atomic E-state index is 0.212. The van der Waals surface area contributed by atoms with Crippen LogP contribution >= 0.6 is 0 Å². The van der Waals surface area contributed by atoms with Gasteiger partial charge in [-0.2, -0.15) is 0 Å². The Bertz CT molecular complexity index is 268. The largest absolute Gasteiger partial charge is 0.476 e. The SMILES string of the molecule is C1=NCCC(c2ccccc2)O1. The fraction of sp³-hybridized carbons (Fsp3) is 0.300. The molecule has 0 spiro atoms. The van der Waals surface area contributed by atoms with E-state index in [1.807, 2.05) is 18.2 Å². The van der Waals surface area contributed by atoms with Crippen molar-refractivity contribution in [2.45, 2.75) is 12.5 Å². The van der Waals surface area contributed by atoms with Crippen LogP contribution in [0, 0.1) is 0 Å². The van der Waals surface area contributed by atoms with Gasteiger partial charge < -0.3 is 4.74 Å². The molecule has 0 saturated heterocycles. The molecular formula is C10H11NO. The van der Waals surface area contributed by atoms with E-state index in [4.69, 9.17) is 4.74 Å². The summed E-state index contributed by atoms with van der Waals surface area (Å²) in [6.45, 7) is 0.875. The maximum atomic E-state index is 5.37. The van der Waals surface area contributed by atoms with E-state index in [0.29, 0.717) is 0 Å². The van der Waals surface area contributed by atoms with E-state index >= 15 is 0 Å². The zero-order chi connectivity index (χ0) is 8.23. The van der Waals surface area contributed by atoms with E-state index < -0.39 is 0 Å².